The molecule has 1 unspecified atom stereocenters. The molecule has 2 N–H and O–H groups in total. The number of carboxylic acid groups (broad SMARTS) is 1. The van der Waals surface area contributed by atoms with Gasteiger partial charge in [-0.3, -0.25) is 14.5 Å². The zero-order valence-corrected chi connectivity index (χ0v) is 14.0. The normalized spacial score (nSPS) is 19.3. The molecule has 6 nitrogen and oxygen atoms in total. The number of piperazine rings is 1. The second kappa shape index (κ2) is 7.10. The lowest BCUT2D eigenvalue weighted by atomic mass is 9.85. The van der Waals surface area contributed by atoms with Gasteiger partial charge in [-0.05, 0) is 38.6 Å². The first-order valence-electron chi connectivity index (χ1n) is 7.83. The molecule has 1 amide bonds. The lowest BCUT2D eigenvalue weighted by Crippen LogP contribution is -2.54. The topological polar surface area (TPSA) is 72.9 Å². The molecule has 23 heavy (non-hydrogen) atoms. The molecule has 1 aromatic carbocycles. The summed E-state index contributed by atoms with van der Waals surface area (Å²) >= 11 is 0. The highest BCUT2D eigenvalue weighted by atomic mass is 16.4. The summed E-state index contributed by atoms with van der Waals surface area (Å²) in [5, 5.41) is 12.6. The summed E-state index contributed by atoms with van der Waals surface area (Å²) in [6.07, 6.45) is 0.833. The number of anilines is 1. The quantitative estimate of drug-likeness (QED) is 0.763. The Hall–Kier alpha value is -1.92. The Labute approximate surface area is 137 Å². The lowest BCUT2D eigenvalue weighted by Gasteiger charge is -2.35. The molecular formula is C17H25N3O3. The molecule has 1 atom stereocenters. The number of nitrogens with zero attached hydrogens (tertiary/aromatic N) is 2. The van der Waals surface area contributed by atoms with Gasteiger partial charge >= 0.3 is 5.97 Å². The highest BCUT2D eigenvalue weighted by molar-refractivity contribution is 5.81. The van der Waals surface area contributed by atoms with E-state index in [0.717, 1.165) is 37.3 Å². The molecule has 1 heterocycles. The van der Waals surface area contributed by atoms with Gasteiger partial charge in [0, 0.05) is 37.9 Å². The molecule has 2 rings (SSSR count). The Morgan fingerprint density at radius 1 is 1.43 bits per heavy atom. The molecular weight excluding hydrogens is 294 g/mol. The maximum absolute atomic E-state index is 11.5. The van der Waals surface area contributed by atoms with Gasteiger partial charge in [-0.25, -0.2) is 0 Å². The predicted molar refractivity (Wildman–Crippen MR) is 89.8 cm³/mol. The van der Waals surface area contributed by atoms with Crippen molar-refractivity contribution in [1.82, 2.24) is 10.2 Å². The van der Waals surface area contributed by atoms with Gasteiger partial charge in [-0.2, -0.15) is 0 Å². The number of aliphatic carboxylic acids is 1. The van der Waals surface area contributed by atoms with E-state index in [-0.39, 0.29) is 6.04 Å². The van der Waals surface area contributed by atoms with Crippen LogP contribution in [0.3, 0.4) is 0 Å². The first kappa shape index (κ1) is 17.4. The average molecular weight is 319 g/mol. The van der Waals surface area contributed by atoms with E-state index in [1.165, 1.54) is 0 Å². The summed E-state index contributed by atoms with van der Waals surface area (Å²) in [5.41, 5.74) is 0.554. The van der Waals surface area contributed by atoms with E-state index in [4.69, 9.17) is 0 Å². The number of hydrogen-bond donors (Lipinski definition) is 2. The fraction of sp³-hybridized carbons (Fsp3) is 0.529. The zero-order valence-electron chi connectivity index (χ0n) is 14.0. The third-order valence-electron chi connectivity index (χ3n) is 4.63. The van der Waals surface area contributed by atoms with Crippen LogP contribution < -0.4 is 10.2 Å². The van der Waals surface area contributed by atoms with Crippen molar-refractivity contribution in [2.45, 2.75) is 25.3 Å². The van der Waals surface area contributed by atoms with Crippen LogP contribution in [0.15, 0.2) is 24.3 Å². The third kappa shape index (κ3) is 3.89. The van der Waals surface area contributed by atoms with E-state index in [0.29, 0.717) is 6.54 Å². The van der Waals surface area contributed by atoms with Gasteiger partial charge in [0.15, 0.2) is 0 Å². The summed E-state index contributed by atoms with van der Waals surface area (Å²) < 4.78 is 0. The monoisotopic (exact) mass is 319 g/mol. The molecule has 6 heteroatoms. The van der Waals surface area contributed by atoms with Crippen LogP contribution in [0, 0.1) is 0 Å². The molecule has 1 saturated heterocycles. The third-order valence-corrected chi connectivity index (χ3v) is 4.63. The fourth-order valence-corrected chi connectivity index (χ4v) is 2.70. The number of carbonyl (C=O) groups excluding carboxylic acids is 1. The fourth-order valence-electron chi connectivity index (χ4n) is 2.70. The number of nitrogens with one attached hydrogen (secondary N) is 1. The van der Waals surface area contributed by atoms with Gasteiger partial charge < -0.3 is 15.3 Å². The molecule has 0 bridgehead atoms. The molecule has 0 saturated carbocycles. The van der Waals surface area contributed by atoms with Crippen LogP contribution >= 0.6 is 0 Å². The highest BCUT2D eigenvalue weighted by Gasteiger charge is 2.29. The average Bonchev–Trinajstić information content (AvgIpc) is 2.54. The zero-order chi connectivity index (χ0) is 17.0. The summed E-state index contributed by atoms with van der Waals surface area (Å²) in [5.74, 6) is -0.868. The Kier molecular flexibility index (Phi) is 5.38. The van der Waals surface area contributed by atoms with Gasteiger partial charge in [-0.15, -0.1) is 0 Å². The SMILES string of the molecule is CN1CCNCC1CN(C=O)c1ccc(C(C)(C)C(=O)O)cc1. The maximum Gasteiger partial charge on any atom is 0.313 e. The second-order valence-electron chi connectivity index (χ2n) is 6.57. The minimum atomic E-state index is -0.946. The van der Waals surface area contributed by atoms with E-state index < -0.39 is 11.4 Å². The molecule has 126 valence electrons. The van der Waals surface area contributed by atoms with E-state index >= 15 is 0 Å². The Balaban J connectivity index is 2.12. The van der Waals surface area contributed by atoms with Crippen LogP contribution in [-0.4, -0.2) is 61.7 Å². The predicted octanol–water partition coefficient (Wildman–Crippen LogP) is 0.915. The van der Waals surface area contributed by atoms with Crippen LogP contribution in [0.5, 0.6) is 0 Å². The van der Waals surface area contributed by atoms with Crippen molar-refractivity contribution < 1.29 is 14.7 Å². The number of amides is 1. The number of benzene rings is 1. The summed E-state index contributed by atoms with van der Waals surface area (Å²) in [6.45, 7) is 6.73. The molecule has 0 aliphatic carbocycles. The van der Waals surface area contributed by atoms with Crippen LogP contribution in [0.25, 0.3) is 0 Å². The van der Waals surface area contributed by atoms with Gasteiger partial charge in [0.05, 0.1) is 5.41 Å². The molecule has 1 aliphatic heterocycles. The molecule has 1 aromatic rings. The van der Waals surface area contributed by atoms with Crippen molar-refractivity contribution in [1.29, 1.82) is 0 Å². The van der Waals surface area contributed by atoms with Crippen LogP contribution in [0.4, 0.5) is 5.69 Å². The summed E-state index contributed by atoms with van der Waals surface area (Å²) in [4.78, 5) is 26.7. The molecule has 0 radical (unpaired) electrons. The standard InChI is InChI=1S/C17H25N3O3/c1-17(2,16(22)23)13-4-6-14(7-5-13)20(12-21)11-15-10-18-8-9-19(15)3/h4-7,12,15,18H,8-11H2,1-3H3,(H,22,23). The van der Waals surface area contributed by atoms with Crippen LogP contribution in [0.2, 0.25) is 0 Å². The first-order valence-corrected chi connectivity index (χ1v) is 7.83. The van der Waals surface area contributed by atoms with Gasteiger partial charge in [-0.1, -0.05) is 12.1 Å². The minimum absolute atomic E-state index is 0.268. The Bertz CT molecular complexity index is 557. The molecule has 0 spiro atoms. The van der Waals surface area contributed by atoms with Crippen LogP contribution in [0.1, 0.15) is 19.4 Å². The Morgan fingerprint density at radius 3 is 2.61 bits per heavy atom. The molecule has 1 aliphatic rings. The summed E-state index contributed by atoms with van der Waals surface area (Å²) in [6, 6.07) is 7.45. The van der Waals surface area contributed by atoms with Crippen molar-refractivity contribution in [3.63, 3.8) is 0 Å². The number of rotatable bonds is 6. The van der Waals surface area contributed by atoms with Crippen molar-refractivity contribution in [3.8, 4) is 0 Å². The smallest absolute Gasteiger partial charge is 0.313 e. The second-order valence-corrected chi connectivity index (χ2v) is 6.57. The van der Waals surface area contributed by atoms with E-state index in [1.807, 2.05) is 12.1 Å². The van der Waals surface area contributed by atoms with Gasteiger partial charge in [0.2, 0.25) is 6.41 Å². The number of hydrogen-bond acceptors (Lipinski definition) is 4. The Morgan fingerprint density at radius 2 is 2.09 bits per heavy atom. The van der Waals surface area contributed by atoms with E-state index in [1.54, 1.807) is 30.9 Å². The number of likely N-dealkylation sites (N-methyl/N-ethyl adjacent to an activating group) is 1. The maximum atomic E-state index is 11.5. The number of carboxylic acids is 1. The lowest BCUT2D eigenvalue weighted by molar-refractivity contribution is -0.142. The highest BCUT2D eigenvalue weighted by Crippen LogP contribution is 2.26. The van der Waals surface area contributed by atoms with Crippen molar-refractivity contribution in [2.75, 3.05) is 38.1 Å². The van der Waals surface area contributed by atoms with Crippen LogP contribution in [-0.2, 0) is 15.0 Å². The van der Waals surface area contributed by atoms with Gasteiger partial charge in [0.1, 0.15) is 0 Å². The molecule has 0 aromatic heterocycles. The van der Waals surface area contributed by atoms with Crippen molar-refractivity contribution >= 4 is 18.1 Å². The largest absolute Gasteiger partial charge is 0.481 e. The van der Waals surface area contributed by atoms with Crippen molar-refractivity contribution in [2.24, 2.45) is 0 Å². The number of carbonyl (C=O) groups is 2. The van der Waals surface area contributed by atoms with E-state index in [2.05, 4.69) is 17.3 Å². The minimum Gasteiger partial charge on any atom is -0.481 e. The first-order chi connectivity index (χ1) is 10.9. The van der Waals surface area contributed by atoms with Crippen molar-refractivity contribution in [3.05, 3.63) is 29.8 Å². The molecule has 1 fully saturated rings. The summed E-state index contributed by atoms with van der Waals surface area (Å²) in [7, 11) is 2.06. The van der Waals surface area contributed by atoms with E-state index in [9.17, 15) is 14.7 Å². The van der Waals surface area contributed by atoms with Gasteiger partial charge in [0.25, 0.3) is 0 Å².